The van der Waals surface area contributed by atoms with Gasteiger partial charge in [-0.15, -0.1) is 0 Å². The number of amides is 1. The maximum Gasteiger partial charge on any atom is 0.261 e. The summed E-state index contributed by atoms with van der Waals surface area (Å²) in [6.07, 6.45) is 0.152. The van der Waals surface area contributed by atoms with Crippen LogP contribution < -0.4 is 10.0 Å². The molecule has 0 saturated heterocycles. The van der Waals surface area contributed by atoms with Gasteiger partial charge in [0.05, 0.1) is 16.1 Å². The highest BCUT2D eigenvalue weighted by atomic mass is 32.2. The van der Waals surface area contributed by atoms with Crippen molar-refractivity contribution in [2.45, 2.75) is 25.2 Å². The average molecular weight is 423 g/mol. The number of carbonyl (C=O) groups excluding carboxylic acids is 2. The Labute approximate surface area is 176 Å². The van der Waals surface area contributed by atoms with Crippen LogP contribution >= 0.6 is 0 Å². The first-order valence-electron chi connectivity index (χ1n) is 9.33. The molecule has 3 aromatic rings. The molecule has 0 aliphatic carbocycles. The number of ketones is 1. The zero-order chi connectivity index (χ0) is 21.7. The summed E-state index contributed by atoms with van der Waals surface area (Å²) in [4.78, 5) is 24.1. The number of benzene rings is 3. The summed E-state index contributed by atoms with van der Waals surface area (Å²) in [7, 11) is -3.95. The number of para-hydroxylation sites is 1. The maximum atomic E-state index is 12.9. The van der Waals surface area contributed by atoms with E-state index in [0.717, 1.165) is 5.56 Å². The van der Waals surface area contributed by atoms with E-state index in [1.807, 2.05) is 19.1 Å². The van der Waals surface area contributed by atoms with Gasteiger partial charge in [0.2, 0.25) is 0 Å². The summed E-state index contributed by atoms with van der Waals surface area (Å²) < 4.78 is 28.3. The van der Waals surface area contributed by atoms with Crippen molar-refractivity contribution in [2.24, 2.45) is 0 Å². The molecule has 0 atom stereocenters. The van der Waals surface area contributed by atoms with Crippen LogP contribution in [0, 0.1) is 6.92 Å². The molecule has 2 N–H and O–H groups in total. The molecule has 3 rings (SSSR count). The molecule has 0 aliphatic heterocycles. The van der Waals surface area contributed by atoms with Crippen molar-refractivity contribution in [3.8, 4) is 0 Å². The number of carbonyl (C=O) groups is 2. The zero-order valence-corrected chi connectivity index (χ0v) is 17.5. The van der Waals surface area contributed by atoms with Gasteiger partial charge in [-0.1, -0.05) is 42.0 Å². The number of sulfonamides is 1. The predicted molar refractivity (Wildman–Crippen MR) is 117 cm³/mol. The smallest absolute Gasteiger partial charge is 0.261 e. The standard InChI is InChI=1S/C23H22N2O4S/c1-16-10-12-19(13-11-16)24-23(27)21-8-3-4-9-22(21)25-30(28,29)20-7-5-6-18(15-20)14-17(2)26/h3-13,15,25H,14H2,1-2H3,(H,24,27). The molecular formula is C23H22N2O4S. The van der Waals surface area contributed by atoms with E-state index in [-0.39, 0.29) is 28.4 Å². The lowest BCUT2D eigenvalue weighted by molar-refractivity contribution is -0.116. The van der Waals surface area contributed by atoms with E-state index in [2.05, 4.69) is 10.0 Å². The van der Waals surface area contributed by atoms with E-state index in [4.69, 9.17) is 0 Å². The molecule has 0 spiro atoms. The summed E-state index contributed by atoms with van der Waals surface area (Å²) >= 11 is 0. The van der Waals surface area contributed by atoms with E-state index >= 15 is 0 Å². The largest absolute Gasteiger partial charge is 0.322 e. The molecule has 0 heterocycles. The van der Waals surface area contributed by atoms with Gasteiger partial charge < -0.3 is 5.32 Å². The zero-order valence-electron chi connectivity index (χ0n) is 16.7. The summed E-state index contributed by atoms with van der Waals surface area (Å²) in [5.74, 6) is -0.488. The fourth-order valence-corrected chi connectivity index (χ4v) is 4.07. The van der Waals surface area contributed by atoms with Gasteiger partial charge in [-0.25, -0.2) is 8.42 Å². The molecule has 30 heavy (non-hydrogen) atoms. The van der Waals surface area contributed by atoms with Crippen LogP contribution in [-0.2, 0) is 21.2 Å². The second kappa shape index (κ2) is 8.92. The van der Waals surface area contributed by atoms with Crippen molar-refractivity contribution in [2.75, 3.05) is 10.0 Å². The van der Waals surface area contributed by atoms with Crippen LogP contribution in [0.3, 0.4) is 0 Å². The van der Waals surface area contributed by atoms with Crippen molar-refractivity contribution in [1.82, 2.24) is 0 Å². The highest BCUT2D eigenvalue weighted by Crippen LogP contribution is 2.22. The topological polar surface area (TPSA) is 92.3 Å². The van der Waals surface area contributed by atoms with E-state index in [9.17, 15) is 18.0 Å². The molecule has 0 saturated carbocycles. The van der Waals surface area contributed by atoms with Crippen LogP contribution in [0.2, 0.25) is 0 Å². The molecule has 0 bridgehead atoms. The Bertz CT molecular complexity index is 1190. The second-order valence-corrected chi connectivity index (χ2v) is 8.68. The van der Waals surface area contributed by atoms with Gasteiger partial charge in [0.15, 0.2) is 0 Å². The molecule has 0 aromatic heterocycles. The third-order valence-corrected chi connectivity index (χ3v) is 5.75. The Morgan fingerprint density at radius 1 is 0.900 bits per heavy atom. The van der Waals surface area contributed by atoms with Gasteiger partial charge in [-0.05, 0) is 55.8 Å². The fraction of sp³-hybridized carbons (Fsp3) is 0.130. The molecule has 1 amide bonds. The lowest BCUT2D eigenvalue weighted by Crippen LogP contribution is -2.18. The minimum atomic E-state index is -3.95. The van der Waals surface area contributed by atoms with Crippen molar-refractivity contribution >= 4 is 33.1 Å². The highest BCUT2D eigenvalue weighted by molar-refractivity contribution is 7.92. The first-order chi connectivity index (χ1) is 14.2. The summed E-state index contributed by atoms with van der Waals surface area (Å²) in [6, 6.07) is 19.9. The van der Waals surface area contributed by atoms with Crippen molar-refractivity contribution < 1.29 is 18.0 Å². The van der Waals surface area contributed by atoms with Crippen LogP contribution in [-0.4, -0.2) is 20.1 Å². The van der Waals surface area contributed by atoms with Gasteiger partial charge in [-0.3, -0.25) is 14.3 Å². The lowest BCUT2D eigenvalue weighted by Gasteiger charge is -2.13. The van der Waals surface area contributed by atoms with Crippen LogP contribution in [0.15, 0.2) is 77.7 Å². The number of rotatable bonds is 7. The van der Waals surface area contributed by atoms with Crippen molar-refractivity contribution in [3.05, 3.63) is 89.5 Å². The van der Waals surface area contributed by atoms with Crippen LogP contribution in [0.25, 0.3) is 0 Å². The van der Waals surface area contributed by atoms with Gasteiger partial charge in [0, 0.05) is 12.1 Å². The number of nitrogens with one attached hydrogen (secondary N) is 2. The highest BCUT2D eigenvalue weighted by Gasteiger charge is 2.19. The van der Waals surface area contributed by atoms with Gasteiger partial charge in [0.1, 0.15) is 5.78 Å². The van der Waals surface area contributed by atoms with Gasteiger partial charge in [-0.2, -0.15) is 0 Å². The van der Waals surface area contributed by atoms with E-state index in [1.54, 1.807) is 42.5 Å². The van der Waals surface area contributed by atoms with Crippen molar-refractivity contribution in [3.63, 3.8) is 0 Å². The summed E-state index contributed by atoms with van der Waals surface area (Å²) in [5, 5.41) is 2.77. The SMILES string of the molecule is CC(=O)Cc1cccc(S(=O)(=O)Nc2ccccc2C(=O)Nc2ccc(C)cc2)c1. The van der Waals surface area contributed by atoms with Crippen molar-refractivity contribution in [1.29, 1.82) is 0 Å². The molecule has 0 fully saturated rings. The second-order valence-electron chi connectivity index (χ2n) is 7.00. The molecule has 3 aromatic carbocycles. The molecule has 0 unspecified atom stereocenters. The molecular weight excluding hydrogens is 400 g/mol. The summed E-state index contributed by atoms with van der Waals surface area (Å²) in [6.45, 7) is 3.39. The number of aryl methyl sites for hydroxylation is 1. The quantitative estimate of drug-likeness (QED) is 0.597. The number of anilines is 2. The lowest BCUT2D eigenvalue weighted by atomic mass is 10.1. The number of hydrogen-bond donors (Lipinski definition) is 2. The Morgan fingerprint density at radius 2 is 1.60 bits per heavy atom. The minimum absolute atomic E-state index is 0.0231. The number of Topliss-reactive ketones (excluding diaryl/α,β-unsaturated/α-hetero) is 1. The minimum Gasteiger partial charge on any atom is -0.322 e. The maximum absolute atomic E-state index is 12.9. The molecule has 0 radical (unpaired) electrons. The molecule has 0 aliphatic rings. The Balaban J connectivity index is 1.85. The third-order valence-electron chi connectivity index (χ3n) is 4.39. The van der Waals surface area contributed by atoms with Crippen LogP contribution in [0.5, 0.6) is 0 Å². The monoisotopic (exact) mass is 422 g/mol. The fourth-order valence-electron chi connectivity index (χ4n) is 2.92. The van der Waals surface area contributed by atoms with Crippen LogP contribution in [0.4, 0.5) is 11.4 Å². The first-order valence-corrected chi connectivity index (χ1v) is 10.8. The first kappa shape index (κ1) is 21.3. The Morgan fingerprint density at radius 3 is 2.30 bits per heavy atom. The Kier molecular flexibility index (Phi) is 6.32. The third kappa shape index (κ3) is 5.33. The molecule has 154 valence electrons. The average Bonchev–Trinajstić information content (AvgIpc) is 2.69. The van der Waals surface area contributed by atoms with Gasteiger partial charge in [0.25, 0.3) is 15.9 Å². The Hall–Kier alpha value is -3.45. The summed E-state index contributed by atoms with van der Waals surface area (Å²) in [5.41, 5.74) is 2.64. The van der Waals surface area contributed by atoms with Crippen LogP contribution in [0.1, 0.15) is 28.4 Å². The van der Waals surface area contributed by atoms with E-state index < -0.39 is 15.9 Å². The molecule has 6 nitrogen and oxygen atoms in total. The van der Waals surface area contributed by atoms with E-state index in [0.29, 0.717) is 11.3 Å². The predicted octanol–water partition coefficient (Wildman–Crippen LogP) is 4.18. The van der Waals surface area contributed by atoms with E-state index in [1.165, 1.54) is 25.1 Å². The normalized spacial score (nSPS) is 11.0. The van der Waals surface area contributed by atoms with Gasteiger partial charge >= 0.3 is 0 Å². The number of hydrogen-bond acceptors (Lipinski definition) is 4. The molecule has 7 heteroatoms.